The number of fused-ring (bicyclic) bond motifs is 12. The first-order valence-corrected chi connectivity index (χ1v) is 37.1. The number of aryl methyl sites for hydroxylation is 4. The van der Waals surface area contributed by atoms with Crippen molar-refractivity contribution in [3.8, 4) is 34.5 Å². The lowest BCUT2D eigenvalue weighted by Crippen LogP contribution is -2.14. The van der Waals surface area contributed by atoms with E-state index < -0.39 is 29.9 Å². The Morgan fingerprint density at radius 2 is 0.449 bits per heavy atom. The maximum atomic E-state index is 14.8. The topological polar surface area (TPSA) is 143 Å². The molecule has 14 heteroatoms. The van der Waals surface area contributed by atoms with Crippen LogP contribution in [0.25, 0.3) is 87.2 Å². The Kier molecular flexibility index (Phi) is 20.4. The summed E-state index contributed by atoms with van der Waals surface area (Å²) >= 11 is 0. The molecule has 0 bridgehead atoms. The normalized spacial score (nSPS) is 11.6. The zero-order valence-electron chi connectivity index (χ0n) is 59.5. The van der Waals surface area contributed by atoms with E-state index in [1.165, 1.54) is 105 Å². The van der Waals surface area contributed by atoms with Gasteiger partial charge in [-0.15, -0.1) is 0 Å². The van der Waals surface area contributed by atoms with Crippen molar-refractivity contribution in [3.05, 3.63) is 301 Å². The highest BCUT2D eigenvalue weighted by Gasteiger charge is 2.23. The van der Waals surface area contributed by atoms with Crippen molar-refractivity contribution in [2.24, 2.45) is 0 Å². The first kappa shape index (κ1) is 68.7. The number of rotatable bonds is 32. The molecule has 0 fully saturated rings. The number of para-hydroxylation sites is 8. The van der Waals surface area contributed by atoms with E-state index in [2.05, 4.69) is 212 Å². The molecule has 0 amide bonds. The van der Waals surface area contributed by atoms with Gasteiger partial charge in [0, 0.05) is 143 Å². The van der Waals surface area contributed by atoms with E-state index in [0.717, 1.165) is 51.9 Å². The summed E-state index contributed by atoms with van der Waals surface area (Å²) in [7, 11) is 0. The second kappa shape index (κ2) is 31.7. The van der Waals surface area contributed by atoms with Crippen LogP contribution in [0.5, 0.6) is 34.5 Å². The van der Waals surface area contributed by atoms with E-state index in [-0.39, 0.29) is 28.2 Å². The highest BCUT2D eigenvalue weighted by Crippen LogP contribution is 2.36. The van der Waals surface area contributed by atoms with Gasteiger partial charge in [0.05, 0.1) is 44.0 Å². The molecule has 0 saturated heterocycles. The highest BCUT2D eigenvalue weighted by atomic mass is 16.5. The number of benzene rings is 12. The monoisotopic (exact) mass is 1410 g/mol. The fraction of sp³-hybridized carbons (Fsp3) is 0.183. The standard InChI is InChI=1S/C93H80N4O10/c98-90(64-28-2-1-3-29-64)63-91(99)65-54-72(106-92(100)66-56-68(102-50-24-20-46-94-82-38-12-4-30-74(82)75-31-5-13-39-83(75)94)60-69(57-66)103-51-25-21-47-95-84-40-14-6-32-76(84)77-33-7-15-41-85(77)95)62-73(55-65)107-93(101)67-58-70(104-52-26-22-48-96-86-42-16-8-34-78(86)79-35-9-17-43-87(79)96)61-71(59-67)105-53-27-23-49-97-88-44-18-10-36-80(88)81-37-11-19-45-89(81)97/h1-19,28-45,54-62H,20-27,46-53,63H2. The molecular weight excluding hydrogens is 1330 g/mol. The molecule has 0 unspecified atom stereocenters. The van der Waals surface area contributed by atoms with Crippen molar-refractivity contribution in [2.75, 3.05) is 26.4 Å². The van der Waals surface area contributed by atoms with Gasteiger partial charge in [-0.05, 0) is 136 Å². The van der Waals surface area contributed by atoms with Crippen LogP contribution in [0.4, 0.5) is 0 Å². The van der Waals surface area contributed by atoms with Gasteiger partial charge in [0.25, 0.3) is 0 Å². The Morgan fingerprint density at radius 1 is 0.224 bits per heavy atom. The highest BCUT2D eigenvalue weighted by molar-refractivity contribution is 6.14. The van der Waals surface area contributed by atoms with Gasteiger partial charge >= 0.3 is 11.9 Å². The minimum Gasteiger partial charge on any atom is -0.493 e. The number of Topliss-reactive ketones (excluding diaryl/α,β-unsaturated/α-hetero) is 2. The number of esters is 2. The lowest BCUT2D eigenvalue weighted by Gasteiger charge is -2.15. The Morgan fingerprint density at radius 3 is 0.720 bits per heavy atom. The zero-order valence-corrected chi connectivity index (χ0v) is 59.5. The quantitative estimate of drug-likeness (QED) is 0.0131. The molecule has 0 saturated carbocycles. The molecule has 0 aliphatic carbocycles. The lowest BCUT2D eigenvalue weighted by molar-refractivity contribution is 0.0726. The van der Waals surface area contributed by atoms with Crippen LogP contribution < -0.4 is 28.4 Å². The Bertz CT molecular complexity index is 5140. The van der Waals surface area contributed by atoms with Crippen molar-refractivity contribution in [2.45, 2.75) is 84.0 Å². The van der Waals surface area contributed by atoms with Crippen LogP contribution >= 0.6 is 0 Å². The minimum absolute atomic E-state index is 0.0202. The fourth-order valence-corrected chi connectivity index (χ4v) is 15.1. The predicted molar refractivity (Wildman–Crippen MR) is 426 cm³/mol. The van der Waals surface area contributed by atoms with Gasteiger partial charge in [0.15, 0.2) is 11.6 Å². The fourth-order valence-electron chi connectivity index (χ4n) is 15.1. The molecule has 14 nitrogen and oxygen atoms in total. The van der Waals surface area contributed by atoms with E-state index in [9.17, 15) is 19.2 Å². The molecule has 0 N–H and O–H groups in total. The molecule has 532 valence electrons. The van der Waals surface area contributed by atoms with Crippen molar-refractivity contribution >= 4 is 111 Å². The maximum Gasteiger partial charge on any atom is 0.343 e. The van der Waals surface area contributed by atoms with Crippen LogP contribution in [0.15, 0.2) is 279 Å². The van der Waals surface area contributed by atoms with Crippen molar-refractivity contribution < 1.29 is 47.6 Å². The molecule has 0 aliphatic rings. The first-order chi connectivity index (χ1) is 52.7. The molecule has 4 aromatic heterocycles. The van der Waals surface area contributed by atoms with Crippen molar-refractivity contribution in [1.29, 1.82) is 0 Å². The summed E-state index contributed by atoms with van der Waals surface area (Å²) in [4.78, 5) is 57.6. The summed E-state index contributed by atoms with van der Waals surface area (Å²) in [6.45, 7) is 4.53. The van der Waals surface area contributed by atoms with Crippen LogP contribution in [0.1, 0.15) is 99.2 Å². The number of hydrogen-bond donors (Lipinski definition) is 0. The van der Waals surface area contributed by atoms with Crippen molar-refractivity contribution in [3.63, 3.8) is 0 Å². The smallest absolute Gasteiger partial charge is 0.343 e. The third kappa shape index (κ3) is 15.1. The van der Waals surface area contributed by atoms with Gasteiger partial charge in [-0.25, -0.2) is 9.59 Å². The van der Waals surface area contributed by atoms with E-state index in [1.807, 2.05) is 0 Å². The van der Waals surface area contributed by atoms with Crippen LogP contribution in [-0.4, -0.2) is 68.2 Å². The van der Waals surface area contributed by atoms with E-state index in [4.69, 9.17) is 28.4 Å². The largest absolute Gasteiger partial charge is 0.493 e. The molecule has 12 aromatic carbocycles. The molecule has 4 heterocycles. The second-order valence-electron chi connectivity index (χ2n) is 27.2. The number of unbranched alkanes of at least 4 members (excludes halogenated alkanes) is 4. The molecule has 0 aliphatic heterocycles. The van der Waals surface area contributed by atoms with E-state index in [1.54, 1.807) is 66.7 Å². The van der Waals surface area contributed by atoms with E-state index in [0.29, 0.717) is 80.7 Å². The lowest BCUT2D eigenvalue weighted by atomic mass is 10.0. The zero-order chi connectivity index (χ0) is 72.4. The van der Waals surface area contributed by atoms with Gasteiger partial charge < -0.3 is 46.7 Å². The minimum atomic E-state index is -0.794. The number of ketones is 2. The molecule has 107 heavy (non-hydrogen) atoms. The SMILES string of the molecule is O=C(CC(=O)c1cc(OC(=O)c2cc(OCCCCn3c4ccccc4c4ccccc43)cc(OCCCCn3c4ccccc4c4ccccc43)c2)cc(OC(=O)c2cc(OCCCCn3c4ccccc4c4ccccc43)cc(OCCCCn3c4ccccc4c4ccccc43)c2)c1)c1ccccc1. The van der Waals surface area contributed by atoms with Crippen molar-refractivity contribution in [1.82, 2.24) is 18.3 Å². The summed E-state index contributed by atoms with van der Waals surface area (Å²) in [5.74, 6) is -1.18. The number of ether oxygens (including phenoxy) is 6. The third-order valence-electron chi connectivity index (χ3n) is 20.2. The van der Waals surface area contributed by atoms with Gasteiger partial charge in [-0.1, -0.05) is 176 Å². The van der Waals surface area contributed by atoms with Crippen LogP contribution in [0.2, 0.25) is 0 Å². The van der Waals surface area contributed by atoms with Crippen LogP contribution in [-0.2, 0) is 26.2 Å². The molecule has 16 rings (SSSR count). The second-order valence-corrected chi connectivity index (χ2v) is 27.2. The number of carbonyl (C=O) groups is 4. The molecule has 0 radical (unpaired) electrons. The molecule has 16 aromatic rings. The van der Waals surface area contributed by atoms with Crippen LogP contribution in [0.3, 0.4) is 0 Å². The Balaban J connectivity index is 0.646. The van der Waals surface area contributed by atoms with Crippen LogP contribution in [0, 0.1) is 0 Å². The van der Waals surface area contributed by atoms with Gasteiger partial charge in [-0.2, -0.15) is 0 Å². The summed E-state index contributed by atoms with van der Waals surface area (Å²) in [6, 6.07) is 90.4. The summed E-state index contributed by atoms with van der Waals surface area (Å²) in [6.07, 6.45) is 5.64. The number of hydrogen-bond acceptors (Lipinski definition) is 10. The third-order valence-corrected chi connectivity index (χ3v) is 20.2. The number of carbonyl (C=O) groups excluding carboxylic acids is 4. The first-order valence-electron chi connectivity index (χ1n) is 37.1. The maximum absolute atomic E-state index is 14.8. The Hall–Kier alpha value is -12.7. The predicted octanol–water partition coefficient (Wildman–Crippen LogP) is 21.4. The van der Waals surface area contributed by atoms with Gasteiger partial charge in [0.2, 0.25) is 0 Å². The number of aromatic nitrogens is 4. The van der Waals surface area contributed by atoms with Gasteiger partial charge in [0.1, 0.15) is 34.5 Å². The Labute approximate surface area is 619 Å². The molecular formula is C93H80N4O10. The molecule has 0 spiro atoms. The number of nitrogens with zero attached hydrogens (tertiary/aromatic N) is 4. The average Bonchev–Trinajstić information content (AvgIpc) is 1.64. The molecule has 0 atom stereocenters. The van der Waals surface area contributed by atoms with E-state index >= 15 is 0 Å². The summed E-state index contributed by atoms with van der Waals surface area (Å²) < 4.78 is 47.7. The summed E-state index contributed by atoms with van der Waals surface area (Å²) in [5.41, 5.74) is 9.99. The summed E-state index contributed by atoms with van der Waals surface area (Å²) in [5, 5.41) is 9.72. The average molecular weight is 1410 g/mol. The van der Waals surface area contributed by atoms with Gasteiger partial charge in [-0.3, -0.25) is 9.59 Å².